The molecule has 6 heteroatoms. The van der Waals surface area contributed by atoms with Gasteiger partial charge in [-0.05, 0) is 34.4 Å². The van der Waals surface area contributed by atoms with Crippen molar-refractivity contribution in [3.05, 3.63) is 90.0 Å². The lowest BCUT2D eigenvalue weighted by Gasteiger charge is -2.28. The summed E-state index contributed by atoms with van der Waals surface area (Å²) in [5.41, 5.74) is 4.92. The standard InChI is InChI=1S/C24H21NO4S/c26-23(27)22(15-30)25(16-8-2-1-3-9-16)24(28)29-14-21-19-12-6-4-10-17(19)18-11-5-7-13-20(18)21/h1-13,21-22,30H,14-15H2,(H,26,27)/t22-/m0/s1. The molecular formula is C24H21NO4S. The normalized spacial score (nSPS) is 13.2. The second-order valence-corrected chi connectivity index (χ2v) is 7.41. The van der Waals surface area contributed by atoms with Crippen LogP contribution < -0.4 is 4.90 Å². The number of carboxylic acids is 1. The minimum Gasteiger partial charge on any atom is -0.480 e. The summed E-state index contributed by atoms with van der Waals surface area (Å²) in [6.45, 7) is 0.120. The van der Waals surface area contributed by atoms with Crippen molar-refractivity contribution in [1.29, 1.82) is 0 Å². The highest BCUT2D eigenvalue weighted by molar-refractivity contribution is 7.80. The molecule has 1 aliphatic carbocycles. The van der Waals surface area contributed by atoms with Crippen molar-refractivity contribution in [2.24, 2.45) is 0 Å². The van der Waals surface area contributed by atoms with Gasteiger partial charge in [0.15, 0.2) is 0 Å². The van der Waals surface area contributed by atoms with Gasteiger partial charge < -0.3 is 9.84 Å². The first-order valence-electron chi connectivity index (χ1n) is 9.64. The second kappa shape index (κ2) is 8.63. The molecule has 1 amide bonds. The number of hydrogen-bond acceptors (Lipinski definition) is 4. The van der Waals surface area contributed by atoms with Crippen molar-refractivity contribution in [2.75, 3.05) is 17.3 Å². The van der Waals surface area contributed by atoms with Gasteiger partial charge in [-0.15, -0.1) is 0 Å². The molecule has 3 aromatic carbocycles. The maximum absolute atomic E-state index is 13.0. The van der Waals surface area contributed by atoms with E-state index in [-0.39, 0.29) is 18.3 Å². The molecule has 0 saturated heterocycles. The van der Waals surface area contributed by atoms with Gasteiger partial charge in [0.2, 0.25) is 0 Å². The van der Waals surface area contributed by atoms with E-state index in [1.807, 2.05) is 36.4 Å². The molecule has 0 unspecified atom stereocenters. The first-order chi connectivity index (χ1) is 14.6. The van der Waals surface area contributed by atoms with E-state index in [1.54, 1.807) is 30.3 Å². The summed E-state index contributed by atoms with van der Waals surface area (Å²) in [4.78, 5) is 25.9. The molecule has 0 heterocycles. The molecule has 0 saturated carbocycles. The van der Waals surface area contributed by atoms with E-state index < -0.39 is 18.1 Å². The second-order valence-electron chi connectivity index (χ2n) is 7.05. The van der Waals surface area contributed by atoms with Crippen molar-refractivity contribution < 1.29 is 19.4 Å². The molecule has 5 nitrogen and oxygen atoms in total. The van der Waals surface area contributed by atoms with E-state index in [1.165, 1.54) is 0 Å². The van der Waals surface area contributed by atoms with Gasteiger partial charge in [0.05, 0.1) is 0 Å². The van der Waals surface area contributed by atoms with Crippen LogP contribution in [-0.4, -0.2) is 35.6 Å². The molecule has 0 aromatic heterocycles. The number of anilines is 1. The molecule has 1 atom stereocenters. The van der Waals surface area contributed by atoms with Gasteiger partial charge in [-0.3, -0.25) is 4.90 Å². The Morgan fingerprint density at radius 3 is 1.97 bits per heavy atom. The molecule has 0 spiro atoms. The Labute approximate surface area is 180 Å². The zero-order valence-corrected chi connectivity index (χ0v) is 17.0. The van der Waals surface area contributed by atoms with Crippen LogP contribution in [0.25, 0.3) is 11.1 Å². The number of carbonyl (C=O) groups excluding carboxylic acids is 1. The summed E-state index contributed by atoms with van der Waals surface area (Å²) in [5.74, 6) is -1.27. The predicted molar refractivity (Wildman–Crippen MR) is 119 cm³/mol. The van der Waals surface area contributed by atoms with Gasteiger partial charge in [-0.25, -0.2) is 9.59 Å². The molecule has 1 N–H and O–H groups in total. The van der Waals surface area contributed by atoms with Crippen LogP contribution in [-0.2, 0) is 9.53 Å². The summed E-state index contributed by atoms with van der Waals surface area (Å²) in [6.07, 6.45) is -0.704. The van der Waals surface area contributed by atoms with Crippen molar-refractivity contribution in [1.82, 2.24) is 0 Å². The maximum Gasteiger partial charge on any atom is 0.415 e. The highest BCUT2D eigenvalue weighted by Gasteiger charge is 2.33. The van der Waals surface area contributed by atoms with Crippen LogP contribution in [0, 0.1) is 0 Å². The summed E-state index contributed by atoms with van der Waals surface area (Å²) in [7, 11) is 0. The lowest BCUT2D eigenvalue weighted by Crippen LogP contribution is -2.47. The number of thiol groups is 1. The third-order valence-electron chi connectivity index (χ3n) is 5.34. The average molecular weight is 420 g/mol. The summed E-state index contributed by atoms with van der Waals surface area (Å²) in [6, 6.07) is 23.6. The summed E-state index contributed by atoms with van der Waals surface area (Å²) >= 11 is 4.14. The number of rotatable bonds is 6. The predicted octanol–water partition coefficient (Wildman–Crippen LogP) is 4.83. The first kappa shape index (κ1) is 20.0. The first-order valence-corrected chi connectivity index (χ1v) is 10.3. The lowest BCUT2D eigenvalue weighted by molar-refractivity contribution is -0.138. The van der Waals surface area contributed by atoms with E-state index in [4.69, 9.17) is 4.74 Å². The third kappa shape index (κ3) is 3.66. The highest BCUT2D eigenvalue weighted by atomic mass is 32.1. The van der Waals surface area contributed by atoms with Crippen LogP contribution >= 0.6 is 12.6 Å². The minimum absolute atomic E-state index is 0.0333. The fourth-order valence-electron chi connectivity index (χ4n) is 3.93. The molecule has 0 radical (unpaired) electrons. The number of aliphatic carboxylic acids is 1. The monoisotopic (exact) mass is 419 g/mol. The van der Waals surface area contributed by atoms with E-state index >= 15 is 0 Å². The summed E-state index contributed by atoms with van der Waals surface area (Å²) < 4.78 is 5.68. The zero-order valence-electron chi connectivity index (χ0n) is 16.1. The number of carboxylic acid groups (broad SMARTS) is 1. The number of carbonyl (C=O) groups is 2. The fraction of sp³-hybridized carbons (Fsp3) is 0.167. The van der Waals surface area contributed by atoms with Crippen LogP contribution in [0.1, 0.15) is 17.0 Å². The molecule has 3 aromatic rings. The van der Waals surface area contributed by atoms with Gasteiger partial charge in [-0.1, -0.05) is 66.7 Å². The molecular weight excluding hydrogens is 398 g/mol. The third-order valence-corrected chi connectivity index (χ3v) is 5.68. The fourth-order valence-corrected chi connectivity index (χ4v) is 4.25. The number of benzene rings is 3. The molecule has 152 valence electrons. The van der Waals surface area contributed by atoms with E-state index in [9.17, 15) is 14.7 Å². The molecule has 1 aliphatic rings. The topological polar surface area (TPSA) is 66.8 Å². The van der Waals surface area contributed by atoms with E-state index in [0.29, 0.717) is 5.69 Å². The van der Waals surface area contributed by atoms with Crippen LogP contribution in [0.4, 0.5) is 10.5 Å². The zero-order chi connectivity index (χ0) is 21.1. The number of ether oxygens (including phenoxy) is 1. The number of hydrogen-bond donors (Lipinski definition) is 2. The SMILES string of the molecule is O=C(O)[C@H](CS)N(C(=O)OCC1c2ccccc2-c2ccccc21)c1ccccc1. The number of nitrogens with zero attached hydrogens (tertiary/aromatic N) is 1. The molecule has 0 aliphatic heterocycles. The largest absolute Gasteiger partial charge is 0.480 e. The number of para-hydroxylation sites is 1. The van der Waals surface area contributed by atoms with Gasteiger partial charge in [0.25, 0.3) is 0 Å². The number of amides is 1. The van der Waals surface area contributed by atoms with Gasteiger partial charge in [0.1, 0.15) is 12.6 Å². The van der Waals surface area contributed by atoms with Crippen molar-refractivity contribution in [2.45, 2.75) is 12.0 Å². The average Bonchev–Trinajstić information content (AvgIpc) is 3.10. The quantitative estimate of drug-likeness (QED) is 0.562. The van der Waals surface area contributed by atoms with Gasteiger partial charge >= 0.3 is 12.1 Å². The Morgan fingerprint density at radius 2 is 1.43 bits per heavy atom. The van der Waals surface area contributed by atoms with E-state index in [2.05, 4.69) is 24.8 Å². The maximum atomic E-state index is 13.0. The van der Waals surface area contributed by atoms with Crippen molar-refractivity contribution in [3.8, 4) is 11.1 Å². The van der Waals surface area contributed by atoms with Crippen LogP contribution in [0.2, 0.25) is 0 Å². The minimum atomic E-state index is -1.14. The molecule has 4 rings (SSSR count). The van der Waals surface area contributed by atoms with Gasteiger partial charge in [-0.2, -0.15) is 12.6 Å². The molecule has 0 fully saturated rings. The Bertz CT molecular complexity index is 1020. The van der Waals surface area contributed by atoms with Crippen LogP contribution in [0.5, 0.6) is 0 Å². The highest BCUT2D eigenvalue weighted by Crippen LogP contribution is 2.44. The Hall–Kier alpha value is -3.25. The Kier molecular flexibility index (Phi) is 5.77. The van der Waals surface area contributed by atoms with E-state index in [0.717, 1.165) is 27.2 Å². The number of fused-ring (bicyclic) bond motifs is 3. The van der Waals surface area contributed by atoms with Crippen molar-refractivity contribution in [3.63, 3.8) is 0 Å². The molecule has 30 heavy (non-hydrogen) atoms. The summed E-state index contributed by atoms with van der Waals surface area (Å²) in [5, 5.41) is 9.60. The smallest absolute Gasteiger partial charge is 0.415 e. The van der Waals surface area contributed by atoms with Gasteiger partial charge in [0, 0.05) is 17.4 Å². The van der Waals surface area contributed by atoms with Crippen molar-refractivity contribution >= 4 is 30.4 Å². The lowest BCUT2D eigenvalue weighted by atomic mass is 9.98. The Balaban J connectivity index is 1.61. The van der Waals surface area contributed by atoms with Crippen LogP contribution in [0.15, 0.2) is 78.9 Å². The molecule has 0 bridgehead atoms. The Morgan fingerprint density at radius 1 is 0.900 bits per heavy atom. The van der Waals surface area contributed by atoms with Crippen LogP contribution in [0.3, 0.4) is 0 Å².